The van der Waals surface area contributed by atoms with Crippen LogP contribution in [-0.4, -0.2) is 50.8 Å². The van der Waals surface area contributed by atoms with Crippen LogP contribution in [0.15, 0.2) is 39.9 Å². The fraction of sp³-hybridized carbons (Fsp3) is 0.333. The maximum absolute atomic E-state index is 12.4. The fourth-order valence-electron chi connectivity index (χ4n) is 2.98. The number of carbonyl (C=O) groups is 2. The zero-order valence-electron chi connectivity index (χ0n) is 15.2. The summed E-state index contributed by atoms with van der Waals surface area (Å²) < 4.78 is 27.5. The fourth-order valence-corrected chi connectivity index (χ4v) is 5.79. The molecule has 1 aromatic carbocycles. The quantitative estimate of drug-likeness (QED) is 0.671. The van der Waals surface area contributed by atoms with Crippen molar-refractivity contribution in [2.45, 2.75) is 23.1 Å². The van der Waals surface area contributed by atoms with Crippen molar-refractivity contribution < 1.29 is 18.0 Å². The highest BCUT2D eigenvalue weighted by Gasteiger charge is 2.27. The molecule has 2 heterocycles. The Labute approximate surface area is 183 Å². The van der Waals surface area contributed by atoms with Crippen LogP contribution in [0.2, 0.25) is 10.0 Å². The lowest BCUT2D eigenvalue weighted by Gasteiger charge is -2.32. The van der Waals surface area contributed by atoms with Gasteiger partial charge in [0.1, 0.15) is 4.21 Å². The molecular formula is C18H19Cl2N3O4S2. The van der Waals surface area contributed by atoms with E-state index in [1.54, 1.807) is 28.5 Å². The van der Waals surface area contributed by atoms with Gasteiger partial charge < -0.3 is 10.2 Å². The summed E-state index contributed by atoms with van der Waals surface area (Å²) in [6.07, 6.45) is 1.01. The molecule has 29 heavy (non-hydrogen) atoms. The second kappa shape index (κ2) is 9.44. The number of nitrogens with one attached hydrogen (secondary N) is 2. The highest BCUT2D eigenvalue weighted by atomic mass is 35.5. The Kier molecular flexibility index (Phi) is 7.18. The number of hydrogen-bond donors (Lipinski definition) is 2. The zero-order valence-corrected chi connectivity index (χ0v) is 18.4. The summed E-state index contributed by atoms with van der Waals surface area (Å²) in [6, 6.07) is 7.52. The molecule has 2 amide bonds. The third-order valence-electron chi connectivity index (χ3n) is 4.51. The first-order chi connectivity index (χ1) is 13.8. The van der Waals surface area contributed by atoms with Gasteiger partial charge >= 0.3 is 0 Å². The average molecular weight is 476 g/mol. The van der Waals surface area contributed by atoms with Crippen molar-refractivity contribution in [2.24, 2.45) is 0 Å². The van der Waals surface area contributed by atoms with Gasteiger partial charge in [0.15, 0.2) is 0 Å². The summed E-state index contributed by atoms with van der Waals surface area (Å²) in [5, 5.41) is 4.89. The summed E-state index contributed by atoms with van der Waals surface area (Å²) in [5.74, 6) is -0.693. The topological polar surface area (TPSA) is 95.6 Å². The molecule has 1 fully saturated rings. The minimum absolute atomic E-state index is 0.163. The average Bonchev–Trinajstić information content (AvgIpc) is 3.22. The summed E-state index contributed by atoms with van der Waals surface area (Å²) >= 11 is 13.0. The van der Waals surface area contributed by atoms with E-state index in [0.717, 1.165) is 11.3 Å². The molecule has 0 bridgehead atoms. The Morgan fingerprint density at radius 2 is 1.90 bits per heavy atom. The van der Waals surface area contributed by atoms with Gasteiger partial charge in [0, 0.05) is 24.2 Å². The van der Waals surface area contributed by atoms with Crippen LogP contribution in [0, 0.1) is 0 Å². The van der Waals surface area contributed by atoms with Crippen molar-refractivity contribution >= 4 is 56.4 Å². The molecule has 0 saturated carbocycles. The molecule has 2 N–H and O–H groups in total. The number of halogens is 2. The number of nitrogens with zero attached hydrogens (tertiary/aromatic N) is 1. The molecule has 0 radical (unpaired) electrons. The Morgan fingerprint density at radius 3 is 2.52 bits per heavy atom. The maximum atomic E-state index is 12.4. The molecule has 11 heteroatoms. The Bertz CT molecular complexity index is 989. The molecule has 2 aromatic rings. The summed E-state index contributed by atoms with van der Waals surface area (Å²) in [7, 11) is -3.53. The molecule has 0 aliphatic carbocycles. The van der Waals surface area contributed by atoms with E-state index in [0.29, 0.717) is 31.0 Å². The first-order valence-corrected chi connectivity index (χ1v) is 11.9. The van der Waals surface area contributed by atoms with Gasteiger partial charge in [-0.3, -0.25) is 9.59 Å². The van der Waals surface area contributed by atoms with Crippen molar-refractivity contribution in [1.29, 1.82) is 0 Å². The number of thiophene rings is 1. The Hall–Kier alpha value is -1.65. The molecule has 3 rings (SSSR count). The second-order valence-corrected chi connectivity index (χ2v) is 10.2. The Balaban J connectivity index is 1.47. The van der Waals surface area contributed by atoms with Gasteiger partial charge in [-0.05, 0) is 42.5 Å². The molecule has 156 valence electrons. The van der Waals surface area contributed by atoms with E-state index in [9.17, 15) is 18.0 Å². The largest absolute Gasteiger partial charge is 0.343 e. The van der Waals surface area contributed by atoms with Crippen molar-refractivity contribution in [2.75, 3.05) is 19.6 Å². The molecule has 1 aliphatic heterocycles. The lowest BCUT2D eigenvalue weighted by Crippen LogP contribution is -2.48. The van der Waals surface area contributed by atoms with Gasteiger partial charge in [0.25, 0.3) is 5.91 Å². The minimum Gasteiger partial charge on any atom is -0.343 e. The SMILES string of the molecule is O=C(NCC(=O)N1CCC(NS(=O)(=O)c2cccs2)CC1)c1ccc(Cl)cc1Cl. The number of hydrogen-bond acceptors (Lipinski definition) is 5. The van der Waals surface area contributed by atoms with Crippen LogP contribution in [0.3, 0.4) is 0 Å². The van der Waals surface area contributed by atoms with Crippen LogP contribution in [0.5, 0.6) is 0 Å². The lowest BCUT2D eigenvalue weighted by molar-refractivity contribution is -0.131. The van der Waals surface area contributed by atoms with E-state index >= 15 is 0 Å². The van der Waals surface area contributed by atoms with Gasteiger partial charge in [-0.15, -0.1) is 11.3 Å². The van der Waals surface area contributed by atoms with Gasteiger partial charge in [0.05, 0.1) is 17.1 Å². The molecule has 0 spiro atoms. The van der Waals surface area contributed by atoms with E-state index in [4.69, 9.17) is 23.2 Å². The van der Waals surface area contributed by atoms with Crippen molar-refractivity contribution in [3.8, 4) is 0 Å². The number of benzene rings is 1. The van der Waals surface area contributed by atoms with E-state index < -0.39 is 15.9 Å². The van der Waals surface area contributed by atoms with Crippen LogP contribution in [0.25, 0.3) is 0 Å². The van der Waals surface area contributed by atoms with Crippen LogP contribution in [0.4, 0.5) is 0 Å². The summed E-state index contributed by atoms with van der Waals surface area (Å²) in [5.41, 5.74) is 0.241. The van der Waals surface area contributed by atoms with E-state index in [1.165, 1.54) is 12.1 Å². The van der Waals surface area contributed by atoms with Crippen LogP contribution in [0.1, 0.15) is 23.2 Å². The standard InChI is InChI=1S/C18H19Cl2N3O4S2/c19-12-3-4-14(15(20)10-12)18(25)21-11-16(24)23-7-5-13(6-8-23)22-29(26,27)17-2-1-9-28-17/h1-4,9-10,13,22H,5-8,11H2,(H,21,25). The highest BCUT2D eigenvalue weighted by molar-refractivity contribution is 7.91. The number of sulfonamides is 1. The van der Waals surface area contributed by atoms with Crippen LogP contribution >= 0.6 is 34.5 Å². The number of likely N-dealkylation sites (tertiary alicyclic amines) is 1. The molecule has 0 unspecified atom stereocenters. The predicted octanol–water partition coefficient (Wildman–Crippen LogP) is 2.75. The molecule has 1 aromatic heterocycles. The van der Waals surface area contributed by atoms with Crippen molar-refractivity contribution in [3.63, 3.8) is 0 Å². The molecule has 7 nitrogen and oxygen atoms in total. The first-order valence-electron chi connectivity index (χ1n) is 8.83. The molecule has 1 saturated heterocycles. The van der Waals surface area contributed by atoms with Gasteiger partial charge in [-0.2, -0.15) is 0 Å². The first kappa shape index (κ1) is 22.0. The highest BCUT2D eigenvalue weighted by Crippen LogP contribution is 2.21. The molecule has 0 atom stereocenters. The van der Waals surface area contributed by atoms with Crippen molar-refractivity contribution in [1.82, 2.24) is 14.9 Å². The number of rotatable bonds is 6. The summed E-state index contributed by atoms with van der Waals surface area (Å²) in [6.45, 7) is 0.658. The molecule has 1 aliphatic rings. The third-order valence-corrected chi connectivity index (χ3v) is 7.97. The van der Waals surface area contributed by atoms with E-state index in [2.05, 4.69) is 10.0 Å². The normalized spacial score (nSPS) is 15.3. The number of amides is 2. The number of carbonyl (C=O) groups excluding carboxylic acids is 2. The monoisotopic (exact) mass is 475 g/mol. The van der Waals surface area contributed by atoms with Gasteiger partial charge in [-0.25, -0.2) is 13.1 Å². The van der Waals surface area contributed by atoms with Crippen LogP contribution in [-0.2, 0) is 14.8 Å². The second-order valence-electron chi connectivity index (χ2n) is 6.52. The summed E-state index contributed by atoms with van der Waals surface area (Å²) in [4.78, 5) is 26.2. The molecular weight excluding hydrogens is 457 g/mol. The smallest absolute Gasteiger partial charge is 0.253 e. The van der Waals surface area contributed by atoms with Gasteiger partial charge in [0.2, 0.25) is 15.9 Å². The van der Waals surface area contributed by atoms with E-state index in [-0.39, 0.29) is 33.3 Å². The minimum atomic E-state index is -3.53. The van der Waals surface area contributed by atoms with E-state index in [1.807, 2.05) is 0 Å². The Morgan fingerprint density at radius 1 is 1.17 bits per heavy atom. The van der Waals surface area contributed by atoms with Crippen LogP contribution < -0.4 is 10.0 Å². The third kappa shape index (κ3) is 5.70. The van der Waals surface area contributed by atoms with Crippen molar-refractivity contribution in [3.05, 3.63) is 51.3 Å². The zero-order chi connectivity index (χ0) is 21.0. The lowest BCUT2D eigenvalue weighted by atomic mass is 10.1. The number of piperidine rings is 1. The predicted molar refractivity (Wildman–Crippen MR) is 113 cm³/mol. The maximum Gasteiger partial charge on any atom is 0.253 e. The van der Waals surface area contributed by atoms with Gasteiger partial charge in [-0.1, -0.05) is 29.3 Å².